The van der Waals surface area contributed by atoms with Crippen LogP contribution in [-0.4, -0.2) is 38.6 Å². The molecule has 2 aromatic carbocycles. The zero-order valence-corrected chi connectivity index (χ0v) is 22.6. The Morgan fingerprint density at radius 1 is 1.21 bits per heavy atom. The molecule has 1 aliphatic rings. The maximum absolute atomic E-state index is 6.08. The van der Waals surface area contributed by atoms with Crippen LogP contribution >= 0.6 is 11.8 Å². The molecule has 0 aromatic heterocycles. The van der Waals surface area contributed by atoms with Crippen molar-refractivity contribution >= 4 is 17.4 Å². The number of nitrogens with one attached hydrogen (secondary N) is 2. The summed E-state index contributed by atoms with van der Waals surface area (Å²) in [5.74, 6) is 0.844. The van der Waals surface area contributed by atoms with Gasteiger partial charge in [-0.1, -0.05) is 32.0 Å². The minimum atomic E-state index is -0.230. The zero-order chi connectivity index (χ0) is 25.1. The van der Waals surface area contributed by atoms with E-state index in [1.165, 1.54) is 10.5 Å². The lowest BCUT2D eigenvalue weighted by atomic mass is 10.1. The van der Waals surface area contributed by atoms with E-state index in [2.05, 4.69) is 85.0 Å². The van der Waals surface area contributed by atoms with Crippen molar-refractivity contribution in [2.45, 2.75) is 57.8 Å². The van der Waals surface area contributed by atoms with Crippen molar-refractivity contribution in [1.82, 2.24) is 10.6 Å². The normalized spacial score (nSPS) is 14.5. The topological polar surface area (TPSA) is 71.8 Å². The maximum Gasteiger partial charge on any atom is 0.143 e. The van der Waals surface area contributed by atoms with Gasteiger partial charge >= 0.3 is 0 Å². The Balaban J connectivity index is 0.00000199. The third-order valence-corrected chi connectivity index (χ3v) is 6.01. The SMILES string of the molecule is CC.COC(NCc1ccc(SC)cc1)c1ccc2c(c1)OCCN2/C(=C/NC(C)(C)C)CN. The second-order valence-corrected chi connectivity index (χ2v) is 9.69. The molecule has 0 amide bonds. The Morgan fingerprint density at radius 2 is 1.91 bits per heavy atom. The smallest absolute Gasteiger partial charge is 0.143 e. The van der Waals surface area contributed by atoms with E-state index in [4.69, 9.17) is 15.2 Å². The summed E-state index contributed by atoms with van der Waals surface area (Å²) in [5, 5.41) is 6.91. The van der Waals surface area contributed by atoms with E-state index >= 15 is 0 Å². The van der Waals surface area contributed by atoms with Crippen molar-refractivity contribution in [3.63, 3.8) is 0 Å². The number of hydrogen-bond donors (Lipinski definition) is 3. The molecule has 188 valence electrons. The van der Waals surface area contributed by atoms with Crippen molar-refractivity contribution < 1.29 is 9.47 Å². The fourth-order valence-electron chi connectivity index (χ4n) is 3.54. The first kappa shape index (κ1) is 28.1. The van der Waals surface area contributed by atoms with E-state index in [-0.39, 0.29) is 11.8 Å². The lowest BCUT2D eigenvalue weighted by Gasteiger charge is -2.34. The van der Waals surface area contributed by atoms with Gasteiger partial charge in [0.25, 0.3) is 0 Å². The molecule has 0 aliphatic carbocycles. The first-order chi connectivity index (χ1) is 16.3. The molecule has 3 rings (SSSR count). The van der Waals surface area contributed by atoms with Crippen molar-refractivity contribution in [2.75, 3.05) is 38.0 Å². The van der Waals surface area contributed by atoms with Crippen molar-refractivity contribution in [1.29, 1.82) is 0 Å². The number of thioether (sulfide) groups is 1. The highest BCUT2D eigenvalue weighted by molar-refractivity contribution is 7.98. The average molecular weight is 487 g/mol. The molecule has 0 saturated heterocycles. The molecule has 0 bridgehead atoms. The number of methoxy groups -OCH3 is 1. The summed E-state index contributed by atoms with van der Waals surface area (Å²) in [6.45, 7) is 12.9. The molecule has 0 fully saturated rings. The molecule has 1 unspecified atom stereocenters. The quantitative estimate of drug-likeness (QED) is 0.330. The summed E-state index contributed by atoms with van der Waals surface area (Å²) >= 11 is 1.75. The van der Waals surface area contributed by atoms with Crippen LogP contribution in [0.4, 0.5) is 5.69 Å². The number of ether oxygens (including phenoxy) is 2. The van der Waals surface area contributed by atoms with Crippen LogP contribution in [0.15, 0.2) is 59.3 Å². The van der Waals surface area contributed by atoms with Crippen LogP contribution in [0.3, 0.4) is 0 Å². The zero-order valence-electron chi connectivity index (χ0n) is 21.8. The van der Waals surface area contributed by atoms with E-state index < -0.39 is 0 Å². The average Bonchev–Trinajstić information content (AvgIpc) is 2.85. The van der Waals surface area contributed by atoms with Crippen LogP contribution in [0.5, 0.6) is 5.75 Å². The Labute approximate surface area is 210 Å². The standard InChI is InChI=1S/C25H36N4O2S.C2H6/c1-25(2,3)28-17-20(15-26)29-12-13-31-23-14-19(8-11-22(23)29)24(30-4)27-16-18-6-9-21(32-5)10-7-18;1-2/h6-11,14,17,24,27-28H,12-13,15-16,26H2,1-5H3;1-2H3/b20-17+;. The third kappa shape index (κ3) is 7.94. The highest BCUT2D eigenvalue weighted by Crippen LogP contribution is 2.36. The number of nitrogens with zero attached hydrogens (tertiary/aromatic N) is 1. The molecule has 4 N–H and O–H groups in total. The first-order valence-corrected chi connectivity index (χ1v) is 13.2. The minimum absolute atomic E-state index is 0.0214. The van der Waals surface area contributed by atoms with Gasteiger partial charge in [-0.15, -0.1) is 11.8 Å². The Hall–Kier alpha value is -2.19. The van der Waals surface area contributed by atoms with Gasteiger partial charge < -0.3 is 25.4 Å². The summed E-state index contributed by atoms with van der Waals surface area (Å²) in [5.41, 5.74) is 10.4. The molecule has 2 aromatic rings. The van der Waals surface area contributed by atoms with Crippen LogP contribution in [0, 0.1) is 0 Å². The largest absolute Gasteiger partial charge is 0.490 e. The van der Waals surface area contributed by atoms with Crippen LogP contribution in [0.25, 0.3) is 0 Å². The van der Waals surface area contributed by atoms with Gasteiger partial charge in [0, 0.05) is 42.5 Å². The number of hydrogen-bond acceptors (Lipinski definition) is 7. The lowest BCUT2D eigenvalue weighted by Crippen LogP contribution is -2.38. The van der Waals surface area contributed by atoms with Gasteiger partial charge in [0.1, 0.15) is 18.6 Å². The fraction of sp³-hybridized carbons (Fsp3) is 0.481. The van der Waals surface area contributed by atoms with Crippen molar-refractivity contribution in [2.24, 2.45) is 5.73 Å². The highest BCUT2D eigenvalue weighted by atomic mass is 32.2. The molecule has 0 saturated carbocycles. The van der Waals surface area contributed by atoms with Crippen LogP contribution in [0.1, 0.15) is 52.0 Å². The molecule has 0 spiro atoms. The van der Waals surface area contributed by atoms with Gasteiger partial charge in [-0.3, -0.25) is 5.32 Å². The third-order valence-electron chi connectivity index (χ3n) is 5.26. The van der Waals surface area contributed by atoms with Crippen molar-refractivity contribution in [3.05, 3.63) is 65.5 Å². The van der Waals surface area contributed by atoms with E-state index in [1.807, 2.05) is 20.0 Å². The van der Waals surface area contributed by atoms with Gasteiger partial charge in [0.2, 0.25) is 0 Å². The lowest BCUT2D eigenvalue weighted by molar-refractivity contribution is 0.0718. The first-order valence-electron chi connectivity index (χ1n) is 11.9. The maximum atomic E-state index is 6.08. The fourth-order valence-corrected chi connectivity index (χ4v) is 3.94. The number of fused-ring (bicyclic) bond motifs is 1. The predicted octanol–water partition coefficient (Wildman–Crippen LogP) is 5.26. The van der Waals surface area contributed by atoms with E-state index in [0.717, 1.165) is 35.8 Å². The summed E-state index contributed by atoms with van der Waals surface area (Å²) in [4.78, 5) is 3.49. The summed E-state index contributed by atoms with van der Waals surface area (Å²) in [6.07, 6.45) is 3.87. The van der Waals surface area contributed by atoms with Gasteiger partial charge in [-0.2, -0.15) is 0 Å². The van der Waals surface area contributed by atoms with Gasteiger partial charge in [-0.25, -0.2) is 0 Å². The van der Waals surface area contributed by atoms with Crippen LogP contribution in [0.2, 0.25) is 0 Å². The van der Waals surface area contributed by atoms with Gasteiger partial charge in [0.15, 0.2) is 0 Å². The van der Waals surface area contributed by atoms with Crippen LogP contribution < -0.4 is 26.0 Å². The summed E-state index contributed by atoms with van der Waals surface area (Å²) in [6, 6.07) is 14.8. The molecule has 1 heterocycles. The Kier molecular flexibility index (Phi) is 11.2. The van der Waals surface area contributed by atoms with Gasteiger partial charge in [0.05, 0.1) is 12.2 Å². The number of anilines is 1. The molecule has 7 heteroatoms. The number of rotatable bonds is 9. The molecular weight excluding hydrogens is 444 g/mol. The van der Waals surface area contributed by atoms with E-state index in [1.54, 1.807) is 18.9 Å². The Bertz CT molecular complexity index is 910. The number of nitrogens with two attached hydrogens (primary N) is 1. The van der Waals surface area contributed by atoms with Crippen molar-refractivity contribution in [3.8, 4) is 5.75 Å². The van der Waals surface area contributed by atoms with E-state index in [9.17, 15) is 0 Å². The Morgan fingerprint density at radius 3 is 2.50 bits per heavy atom. The second kappa shape index (κ2) is 13.6. The van der Waals surface area contributed by atoms with Crippen LogP contribution in [-0.2, 0) is 11.3 Å². The molecule has 1 aliphatic heterocycles. The molecule has 34 heavy (non-hydrogen) atoms. The molecule has 0 radical (unpaired) electrons. The summed E-state index contributed by atoms with van der Waals surface area (Å²) < 4.78 is 11.7. The van der Waals surface area contributed by atoms with E-state index in [0.29, 0.717) is 13.2 Å². The minimum Gasteiger partial charge on any atom is -0.490 e. The molecule has 1 atom stereocenters. The number of benzene rings is 2. The predicted molar refractivity (Wildman–Crippen MR) is 145 cm³/mol. The molecule has 6 nitrogen and oxygen atoms in total. The highest BCUT2D eigenvalue weighted by Gasteiger charge is 2.23. The molecular formula is C27H42N4O2S. The summed E-state index contributed by atoms with van der Waals surface area (Å²) in [7, 11) is 1.72. The monoisotopic (exact) mass is 486 g/mol. The second-order valence-electron chi connectivity index (χ2n) is 8.81. The van der Waals surface area contributed by atoms with Gasteiger partial charge in [-0.05, 0) is 62.4 Å².